The minimum Gasteiger partial charge on any atom is -0.496 e. The molecule has 1 aromatic heterocycles. The van der Waals surface area contributed by atoms with Gasteiger partial charge in [0.2, 0.25) is 0 Å². The first-order chi connectivity index (χ1) is 18.9. The largest absolute Gasteiger partial charge is 0.496 e. The third-order valence-corrected chi connectivity index (χ3v) is 9.76. The van der Waals surface area contributed by atoms with Crippen molar-refractivity contribution in [2.24, 2.45) is 0 Å². The highest BCUT2D eigenvalue weighted by atomic mass is 32.2. The average molecular weight is 551 g/mol. The number of hydrogen-bond donors (Lipinski definition) is 3. The van der Waals surface area contributed by atoms with Crippen LogP contribution in [0.1, 0.15) is 54.0 Å². The molecule has 0 saturated carbocycles. The van der Waals surface area contributed by atoms with Crippen molar-refractivity contribution in [2.45, 2.75) is 50.0 Å². The van der Waals surface area contributed by atoms with Crippen LogP contribution in [0, 0.1) is 0 Å². The zero-order valence-electron chi connectivity index (χ0n) is 22.5. The van der Waals surface area contributed by atoms with Crippen LogP contribution in [-0.4, -0.2) is 56.1 Å². The fraction of sp³-hybridized carbons (Fsp3) is 0.433. The van der Waals surface area contributed by atoms with E-state index in [1.54, 1.807) is 23.8 Å². The summed E-state index contributed by atoms with van der Waals surface area (Å²) in [7, 11) is -1.92. The average Bonchev–Trinajstić information content (AvgIpc) is 2.96. The van der Waals surface area contributed by atoms with Crippen molar-refractivity contribution < 1.29 is 18.3 Å². The van der Waals surface area contributed by atoms with Gasteiger partial charge in [-0.05, 0) is 91.4 Å². The number of pyridine rings is 1. The zero-order valence-corrected chi connectivity index (χ0v) is 23.3. The normalized spacial score (nSPS) is 17.9. The number of hydrogen-bond acceptors (Lipinski definition) is 6. The van der Waals surface area contributed by atoms with E-state index >= 15 is 0 Å². The molecule has 1 spiro atoms. The number of aliphatic hydroxyl groups is 1. The van der Waals surface area contributed by atoms with Crippen molar-refractivity contribution in [3.8, 4) is 5.75 Å². The van der Waals surface area contributed by atoms with Gasteiger partial charge in [-0.25, -0.2) is 0 Å². The fourth-order valence-electron chi connectivity index (χ4n) is 6.04. The first-order valence-electron chi connectivity index (χ1n) is 13.7. The lowest BCUT2D eigenvalue weighted by Gasteiger charge is -2.45. The molecule has 0 bridgehead atoms. The van der Waals surface area contributed by atoms with Gasteiger partial charge in [0.15, 0.2) is 0 Å². The molecule has 1 fully saturated rings. The lowest BCUT2D eigenvalue weighted by Crippen LogP contribution is -2.48. The lowest BCUT2D eigenvalue weighted by molar-refractivity contribution is 0.174. The molecule has 2 heterocycles. The molecule has 208 valence electrons. The summed E-state index contributed by atoms with van der Waals surface area (Å²) in [6.07, 6.45) is 8.36. The van der Waals surface area contributed by atoms with Gasteiger partial charge in [0.25, 0.3) is 0 Å². The summed E-state index contributed by atoms with van der Waals surface area (Å²) in [4.78, 5) is 4.04. The van der Waals surface area contributed by atoms with Gasteiger partial charge < -0.3 is 15.2 Å². The summed E-state index contributed by atoms with van der Waals surface area (Å²) >= 11 is 0. The second kappa shape index (κ2) is 12.0. The first kappa shape index (κ1) is 27.6. The van der Waals surface area contributed by atoms with Crippen molar-refractivity contribution in [1.29, 1.82) is 0 Å². The highest BCUT2D eigenvalue weighted by Crippen LogP contribution is 2.47. The van der Waals surface area contributed by atoms with E-state index in [4.69, 9.17) is 4.74 Å². The highest BCUT2D eigenvalue weighted by molar-refractivity contribution is 7.90. The van der Waals surface area contributed by atoms with Gasteiger partial charge in [-0.1, -0.05) is 30.3 Å². The Kier molecular flexibility index (Phi) is 8.52. The number of ether oxygens (including phenoxy) is 1. The maximum atomic E-state index is 13.2. The summed E-state index contributed by atoms with van der Waals surface area (Å²) < 4.78 is 36.4. The molecule has 39 heavy (non-hydrogen) atoms. The van der Waals surface area contributed by atoms with Crippen LogP contribution in [0.25, 0.3) is 0 Å². The van der Waals surface area contributed by atoms with Crippen molar-refractivity contribution >= 4 is 15.9 Å². The number of aliphatic hydroxyl groups excluding tert-OH is 1. The molecule has 3 aromatic rings. The molecule has 2 aliphatic rings. The standard InChI is InChI=1S/C30H38N4O4S/c1-38-29-8-2-7-27-26(29)6-3-14-30(27)15-19-34(20-16-30)39(36,37)33-25-11-9-23(10-12-25)13-18-32-22-28(35)24-5-4-17-31-21-24/h2,4-5,7-12,17,21,28,32-33,35H,3,6,13-16,18-20,22H2,1H3/t28-/m0/s1. The Morgan fingerprint density at radius 1 is 1.08 bits per heavy atom. The quantitative estimate of drug-likeness (QED) is 0.330. The first-order valence-corrected chi connectivity index (χ1v) is 15.2. The molecule has 2 aromatic carbocycles. The van der Waals surface area contributed by atoms with Crippen LogP contribution in [0.3, 0.4) is 0 Å². The second-order valence-electron chi connectivity index (χ2n) is 10.6. The van der Waals surface area contributed by atoms with Gasteiger partial charge in [-0.2, -0.15) is 12.7 Å². The second-order valence-corrected chi connectivity index (χ2v) is 12.3. The monoisotopic (exact) mass is 550 g/mol. The Bertz CT molecular complexity index is 1340. The van der Waals surface area contributed by atoms with Crippen LogP contribution in [0.15, 0.2) is 67.0 Å². The van der Waals surface area contributed by atoms with Crippen molar-refractivity contribution in [3.63, 3.8) is 0 Å². The van der Waals surface area contributed by atoms with Crippen LogP contribution in [-0.2, 0) is 28.5 Å². The molecule has 1 aliphatic heterocycles. The van der Waals surface area contributed by atoms with Crippen molar-refractivity contribution in [3.05, 3.63) is 89.2 Å². The van der Waals surface area contributed by atoms with Gasteiger partial charge in [0.1, 0.15) is 5.75 Å². The summed E-state index contributed by atoms with van der Waals surface area (Å²) in [6, 6.07) is 17.5. The number of anilines is 1. The molecular formula is C30H38N4O4S. The number of methoxy groups -OCH3 is 1. The molecule has 8 nitrogen and oxygen atoms in total. The molecular weight excluding hydrogens is 512 g/mol. The van der Waals surface area contributed by atoms with Gasteiger partial charge in [0, 0.05) is 43.3 Å². The van der Waals surface area contributed by atoms with E-state index in [0.29, 0.717) is 31.9 Å². The van der Waals surface area contributed by atoms with Crippen molar-refractivity contribution in [1.82, 2.24) is 14.6 Å². The maximum Gasteiger partial charge on any atom is 0.301 e. The van der Waals surface area contributed by atoms with Crippen molar-refractivity contribution in [2.75, 3.05) is 38.0 Å². The Morgan fingerprint density at radius 3 is 2.59 bits per heavy atom. The van der Waals surface area contributed by atoms with E-state index in [-0.39, 0.29) is 5.41 Å². The van der Waals surface area contributed by atoms with Gasteiger partial charge >= 0.3 is 10.2 Å². The molecule has 1 aliphatic carbocycles. The van der Waals surface area contributed by atoms with E-state index in [1.165, 1.54) is 11.1 Å². The van der Waals surface area contributed by atoms with Crippen LogP contribution < -0.4 is 14.8 Å². The molecule has 5 rings (SSSR count). The van der Waals surface area contributed by atoms with E-state index in [2.05, 4.69) is 27.2 Å². The molecule has 3 N–H and O–H groups in total. The van der Waals surface area contributed by atoms with E-state index in [1.807, 2.05) is 42.5 Å². The number of rotatable bonds is 10. The smallest absolute Gasteiger partial charge is 0.301 e. The molecule has 0 unspecified atom stereocenters. The van der Waals surface area contributed by atoms with E-state index < -0.39 is 16.3 Å². The predicted molar refractivity (Wildman–Crippen MR) is 153 cm³/mol. The number of fused-ring (bicyclic) bond motifs is 2. The van der Waals surface area contributed by atoms with Crippen LogP contribution in [0.5, 0.6) is 5.75 Å². The van der Waals surface area contributed by atoms with Crippen LogP contribution >= 0.6 is 0 Å². The zero-order chi connectivity index (χ0) is 27.3. The van der Waals surface area contributed by atoms with E-state index in [0.717, 1.165) is 55.4 Å². The number of benzene rings is 2. The predicted octanol–water partition coefficient (Wildman–Crippen LogP) is 3.98. The third-order valence-electron chi connectivity index (χ3n) is 8.22. The molecule has 1 saturated heterocycles. The molecule has 0 amide bonds. The number of aromatic nitrogens is 1. The minimum atomic E-state index is -3.64. The minimum absolute atomic E-state index is 0.0257. The summed E-state index contributed by atoms with van der Waals surface area (Å²) in [5, 5.41) is 13.5. The molecule has 0 radical (unpaired) electrons. The Morgan fingerprint density at radius 2 is 1.87 bits per heavy atom. The SMILES string of the molecule is COc1cccc2c1CCCC21CCN(S(=O)(=O)Nc2ccc(CCNC[C@H](O)c3cccnc3)cc2)CC1. The Labute approximate surface area is 231 Å². The number of nitrogens with zero attached hydrogens (tertiary/aromatic N) is 2. The molecule has 9 heteroatoms. The Balaban J connectivity index is 1.12. The van der Waals surface area contributed by atoms with E-state index in [9.17, 15) is 13.5 Å². The summed E-state index contributed by atoms with van der Waals surface area (Å²) in [5.74, 6) is 0.949. The van der Waals surface area contributed by atoms with Crippen LogP contribution in [0.4, 0.5) is 5.69 Å². The Hall–Kier alpha value is -2.98. The van der Waals surface area contributed by atoms with Crippen LogP contribution in [0.2, 0.25) is 0 Å². The number of nitrogens with one attached hydrogen (secondary N) is 2. The van der Waals surface area contributed by atoms with Gasteiger partial charge in [0.05, 0.1) is 13.2 Å². The lowest BCUT2D eigenvalue weighted by atomic mass is 9.65. The summed E-state index contributed by atoms with van der Waals surface area (Å²) in [5.41, 5.74) is 5.10. The topological polar surface area (TPSA) is 104 Å². The van der Waals surface area contributed by atoms with Gasteiger partial charge in [-0.15, -0.1) is 0 Å². The third kappa shape index (κ3) is 6.27. The van der Waals surface area contributed by atoms with Gasteiger partial charge in [-0.3, -0.25) is 9.71 Å². The highest BCUT2D eigenvalue weighted by Gasteiger charge is 2.42. The number of piperidine rings is 1. The molecule has 1 atom stereocenters. The fourth-order valence-corrected chi connectivity index (χ4v) is 7.27. The summed E-state index contributed by atoms with van der Waals surface area (Å²) in [6.45, 7) is 2.15. The maximum absolute atomic E-state index is 13.2.